The van der Waals surface area contributed by atoms with Gasteiger partial charge in [0.1, 0.15) is 5.82 Å². The molecule has 0 bridgehead atoms. The fourth-order valence-corrected chi connectivity index (χ4v) is 3.36. The van der Waals surface area contributed by atoms with Gasteiger partial charge >= 0.3 is 0 Å². The summed E-state index contributed by atoms with van der Waals surface area (Å²) in [5, 5.41) is 0. The van der Waals surface area contributed by atoms with E-state index in [0.717, 1.165) is 25.7 Å². The van der Waals surface area contributed by atoms with E-state index >= 15 is 0 Å². The van der Waals surface area contributed by atoms with Crippen LogP contribution in [0.3, 0.4) is 0 Å². The van der Waals surface area contributed by atoms with Crippen LogP contribution >= 0.6 is 0 Å². The van der Waals surface area contributed by atoms with Gasteiger partial charge in [0.05, 0.1) is 15.7 Å². The van der Waals surface area contributed by atoms with Crippen LogP contribution in [-0.2, 0) is 10.8 Å². The lowest BCUT2D eigenvalue weighted by Gasteiger charge is -2.14. The molecule has 0 amide bonds. The van der Waals surface area contributed by atoms with Gasteiger partial charge in [-0.3, -0.25) is 4.21 Å². The summed E-state index contributed by atoms with van der Waals surface area (Å²) >= 11 is 0. The maximum Gasteiger partial charge on any atom is 0.139 e. The molecule has 0 aliphatic carbocycles. The van der Waals surface area contributed by atoms with Crippen LogP contribution < -0.4 is 0 Å². The number of rotatable bonds is 7. The molecule has 17 heavy (non-hydrogen) atoms. The summed E-state index contributed by atoms with van der Waals surface area (Å²) in [5.41, 5.74) is 0. The molecule has 96 valence electrons. The summed E-state index contributed by atoms with van der Waals surface area (Å²) in [6.45, 7) is 4.26. The van der Waals surface area contributed by atoms with Crippen molar-refractivity contribution >= 4 is 10.8 Å². The van der Waals surface area contributed by atoms with Gasteiger partial charge in [0, 0.05) is 5.75 Å². The highest BCUT2D eigenvalue weighted by Crippen LogP contribution is 2.19. The molecule has 0 saturated carbocycles. The Hall–Kier alpha value is -0.700. The highest BCUT2D eigenvalue weighted by molar-refractivity contribution is 7.85. The van der Waals surface area contributed by atoms with Crippen molar-refractivity contribution in [3.8, 4) is 0 Å². The summed E-state index contributed by atoms with van der Waals surface area (Å²) in [5.74, 6) is 0.670. The molecule has 1 aromatic carbocycles. The Labute approximate surface area is 106 Å². The fraction of sp³-hybridized carbons (Fsp3) is 0.571. The third-order valence-electron chi connectivity index (χ3n) is 3.01. The third-order valence-corrected chi connectivity index (χ3v) is 4.61. The van der Waals surface area contributed by atoms with E-state index in [4.69, 9.17) is 0 Å². The topological polar surface area (TPSA) is 17.1 Å². The Morgan fingerprint density at radius 1 is 1.29 bits per heavy atom. The zero-order valence-electron chi connectivity index (χ0n) is 10.6. The van der Waals surface area contributed by atoms with Gasteiger partial charge in [-0.15, -0.1) is 0 Å². The quantitative estimate of drug-likeness (QED) is 0.716. The molecule has 3 heteroatoms. The van der Waals surface area contributed by atoms with E-state index in [1.165, 1.54) is 6.07 Å². The first kappa shape index (κ1) is 14.4. The Bertz CT molecular complexity index is 365. The number of unbranched alkanes of at least 4 members (excludes halogenated alkanes) is 1. The molecule has 0 aromatic heterocycles. The standard InChI is InChI=1S/C14H21FOS/c1-3-5-8-12(4-2)11-17(16)14-10-7-6-9-13(14)15/h6-7,9-10,12H,3-5,8,11H2,1-2H3. The molecule has 0 N–H and O–H groups in total. The van der Waals surface area contributed by atoms with Crippen LogP contribution in [0.2, 0.25) is 0 Å². The van der Waals surface area contributed by atoms with Crippen LogP contribution in [0, 0.1) is 11.7 Å². The molecular formula is C14H21FOS. The molecule has 1 rings (SSSR count). The van der Waals surface area contributed by atoms with Crippen LogP contribution in [0.25, 0.3) is 0 Å². The van der Waals surface area contributed by atoms with E-state index in [0.29, 0.717) is 16.6 Å². The summed E-state index contributed by atoms with van der Waals surface area (Å²) in [6, 6.07) is 6.37. The minimum absolute atomic E-state index is 0.349. The lowest BCUT2D eigenvalue weighted by atomic mass is 10.0. The third kappa shape index (κ3) is 4.58. The molecule has 2 atom stereocenters. The first-order valence-corrected chi connectivity index (χ1v) is 7.63. The van der Waals surface area contributed by atoms with E-state index in [1.54, 1.807) is 18.2 Å². The lowest BCUT2D eigenvalue weighted by molar-refractivity contribution is 0.493. The van der Waals surface area contributed by atoms with Gasteiger partial charge in [-0.05, 0) is 24.5 Å². The van der Waals surface area contributed by atoms with Gasteiger partial charge in [0.15, 0.2) is 0 Å². The number of halogens is 1. The zero-order chi connectivity index (χ0) is 12.7. The van der Waals surface area contributed by atoms with Crippen LogP contribution in [0.5, 0.6) is 0 Å². The minimum Gasteiger partial charge on any atom is -0.254 e. The van der Waals surface area contributed by atoms with E-state index in [2.05, 4.69) is 13.8 Å². The number of hydrogen-bond donors (Lipinski definition) is 0. The SMILES string of the molecule is CCCCC(CC)CS(=O)c1ccccc1F. The van der Waals surface area contributed by atoms with Gasteiger partial charge in [-0.2, -0.15) is 0 Å². The summed E-state index contributed by atoms with van der Waals surface area (Å²) < 4.78 is 25.5. The predicted octanol–water partition coefficient (Wildman–Crippen LogP) is 4.15. The molecule has 0 fully saturated rings. The fourth-order valence-electron chi connectivity index (χ4n) is 1.83. The van der Waals surface area contributed by atoms with E-state index in [9.17, 15) is 8.60 Å². The van der Waals surface area contributed by atoms with Gasteiger partial charge in [-0.25, -0.2) is 4.39 Å². The molecular weight excluding hydrogens is 235 g/mol. The Morgan fingerprint density at radius 2 is 2.00 bits per heavy atom. The van der Waals surface area contributed by atoms with Crippen molar-refractivity contribution in [2.75, 3.05) is 5.75 Å². The zero-order valence-corrected chi connectivity index (χ0v) is 11.4. The molecule has 0 spiro atoms. The van der Waals surface area contributed by atoms with E-state index in [1.807, 2.05) is 0 Å². The molecule has 1 aromatic rings. The Morgan fingerprint density at radius 3 is 2.59 bits per heavy atom. The largest absolute Gasteiger partial charge is 0.254 e. The molecule has 1 nitrogen and oxygen atoms in total. The lowest BCUT2D eigenvalue weighted by Crippen LogP contribution is -2.11. The number of benzene rings is 1. The van der Waals surface area contributed by atoms with Gasteiger partial charge in [0.2, 0.25) is 0 Å². The monoisotopic (exact) mass is 256 g/mol. The van der Waals surface area contributed by atoms with Crippen LogP contribution in [0.15, 0.2) is 29.2 Å². The van der Waals surface area contributed by atoms with Crippen molar-refractivity contribution in [3.63, 3.8) is 0 Å². The van der Waals surface area contributed by atoms with Crippen molar-refractivity contribution in [1.82, 2.24) is 0 Å². The van der Waals surface area contributed by atoms with Crippen LogP contribution in [0.4, 0.5) is 4.39 Å². The average molecular weight is 256 g/mol. The highest BCUT2D eigenvalue weighted by atomic mass is 32.2. The minimum atomic E-state index is -1.20. The van der Waals surface area contributed by atoms with Gasteiger partial charge < -0.3 is 0 Å². The molecule has 2 unspecified atom stereocenters. The first-order chi connectivity index (χ1) is 8.19. The second kappa shape index (κ2) is 7.59. The first-order valence-electron chi connectivity index (χ1n) is 6.31. The summed E-state index contributed by atoms with van der Waals surface area (Å²) in [4.78, 5) is 0.349. The van der Waals surface area contributed by atoms with Crippen molar-refractivity contribution < 1.29 is 8.60 Å². The van der Waals surface area contributed by atoms with Crippen molar-refractivity contribution in [3.05, 3.63) is 30.1 Å². The average Bonchev–Trinajstić information content (AvgIpc) is 2.34. The number of hydrogen-bond acceptors (Lipinski definition) is 1. The Balaban J connectivity index is 2.61. The molecule has 0 radical (unpaired) electrons. The molecule has 0 aliphatic heterocycles. The molecule has 0 heterocycles. The van der Waals surface area contributed by atoms with Crippen molar-refractivity contribution in [2.24, 2.45) is 5.92 Å². The van der Waals surface area contributed by atoms with Gasteiger partial charge in [-0.1, -0.05) is 45.2 Å². The van der Waals surface area contributed by atoms with E-state index in [-0.39, 0.29) is 5.82 Å². The second-order valence-electron chi connectivity index (χ2n) is 4.36. The predicted molar refractivity (Wildman–Crippen MR) is 71.0 cm³/mol. The van der Waals surface area contributed by atoms with Crippen LogP contribution in [0.1, 0.15) is 39.5 Å². The smallest absolute Gasteiger partial charge is 0.139 e. The summed E-state index contributed by atoms with van der Waals surface area (Å²) in [6.07, 6.45) is 4.42. The Kier molecular flexibility index (Phi) is 6.41. The maximum absolute atomic E-state index is 13.5. The van der Waals surface area contributed by atoms with Crippen LogP contribution in [-0.4, -0.2) is 9.96 Å². The van der Waals surface area contributed by atoms with Gasteiger partial charge in [0.25, 0.3) is 0 Å². The highest BCUT2D eigenvalue weighted by Gasteiger charge is 2.14. The summed E-state index contributed by atoms with van der Waals surface area (Å²) in [7, 11) is -1.20. The molecule has 0 saturated heterocycles. The maximum atomic E-state index is 13.5. The second-order valence-corrected chi connectivity index (χ2v) is 5.82. The molecule has 0 aliphatic rings. The van der Waals surface area contributed by atoms with Crippen molar-refractivity contribution in [1.29, 1.82) is 0 Å². The van der Waals surface area contributed by atoms with Crippen molar-refractivity contribution in [2.45, 2.75) is 44.4 Å². The van der Waals surface area contributed by atoms with E-state index < -0.39 is 10.8 Å². The normalized spacial score (nSPS) is 14.5.